The molecule has 1 rings (SSSR count). The Morgan fingerprint density at radius 1 is 0.750 bits per heavy atom. The molecule has 0 spiro atoms. The number of carbonyl (C=O) groups is 3. The monoisotopic (exact) mass is 538 g/mol. The van der Waals surface area contributed by atoms with Crippen LogP contribution in [0.2, 0.25) is 0 Å². The van der Waals surface area contributed by atoms with E-state index in [0.717, 1.165) is 12.8 Å². The lowest BCUT2D eigenvalue weighted by atomic mass is 10.1. The summed E-state index contributed by atoms with van der Waals surface area (Å²) in [6.45, 7) is 14.8. The van der Waals surface area contributed by atoms with Gasteiger partial charge in [-0.05, 0) is 19.8 Å². The van der Waals surface area contributed by atoms with Gasteiger partial charge in [0.15, 0.2) is 0 Å². The summed E-state index contributed by atoms with van der Waals surface area (Å²) in [7, 11) is 0. The van der Waals surface area contributed by atoms with Crippen molar-refractivity contribution in [1.29, 1.82) is 0 Å². The van der Waals surface area contributed by atoms with E-state index in [1.54, 1.807) is 4.90 Å². The second-order valence-electron chi connectivity index (χ2n) is 7.33. The summed E-state index contributed by atoms with van der Waals surface area (Å²) < 4.78 is 26.7. The van der Waals surface area contributed by atoms with Gasteiger partial charge in [-0.3, -0.25) is 4.79 Å². The highest BCUT2D eigenvalue weighted by Crippen LogP contribution is 2.15. The maximum absolute atomic E-state index is 11.9. The number of likely N-dealkylation sites (tertiary alicyclic amines) is 1. The molecular formula is C25H50N2O8S. The lowest BCUT2D eigenvalue weighted by Gasteiger charge is -2.28. The zero-order valence-electron chi connectivity index (χ0n) is 23.1. The second kappa shape index (κ2) is 28.2. The third-order valence-electron chi connectivity index (χ3n) is 4.56. The molecule has 1 fully saturated rings. The highest BCUT2D eigenvalue weighted by Gasteiger charge is 2.21. The minimum atomic E-state index is -0.291. The summed E-state index contributed by atoms with van der Waals surface area (Å²) in [4.78, 5) is 35.7. The third kappa shape index (κ3) is 24.3. The molecule has 1 N–H and O–H groups in total. The lowest BCUT2D eigenvalue weighted by Crippen LogP contribution is -2.39. The topological polar surface area (TPSA) is 113 Å². The predicted molar refractivity (Wildman–Crippen MR) is 144 cm³/mol. The van der Waals surface area contributed by atoms with Crippen LogP contribution in [0, 0.1) is 0 Å². The number of piperidine rings is 1. The number of hydrogen-bond acceptors (Lipinski definition) is 9. The van der Waals surface area contributed by atoms with Gasteiger partial charge in [-0.1, -0.05) is 27.7 Å². The van der Waals surface area contributed by atoms with Gasteiger partial charge in [-0.2, -0.15) is 12.6 Å². The molecule has 1 saturated heterocycles. The maximum Gasteiger partial charge on any atom is 0.409 e. The minimum absolute atomic E-state index is 0.00344. The number of amides is 2. The number of ether oxygens (including phenoxy) is 5. The van der Waals surface area contributed by atoms with E-state index in [9.17, 15) is 14.4 Å². The summed E-state index contributed by atoms with van der Waals surface area (Å²) in [5, 5.41) is 3.06. The average Bonchev–Trinajstić information content (AvgIpc) is 2.89. The molecule has 0 aromatic carbocycles. The summed E-state index contributed by atoms with van der Waals surface area (Å²) in [6.07, 6.45) is 1.98. The highest BCUT2D eigenvalue weighted by molar-refractivity contribution is 7.80. The molecular weight excluding hydrogens is 488 g/mol. The van der Waals surface area contributed by atoms with E-state index in [1.807, 2.05) is 27.7 Å². The van der Waals surface area contributed by atoms with E-state index in [0.29, 0.717) is 77.7 Å². The molecule has 0 aromatic rings. The third-order valence-corrected chi connectivity index (χ3v) is 5.08. The van der Waals surface area contributed by atoms with Crippen molar-refractivity contribution in [3.63, 3.8) is 0 Å². The van der Waals surface area contributed by atoms with E-state index in [4.69, 9.17) is 23.7 Å². The summed E-state index contributed by atoms with van der Waals surface area (Å²) in [6, 6.07) is 0. The van der Waals surface area contributed by atoms with E-state index in [1.165, 1.54) is 6.92 Å². The fourth-order valence-electron chi connectivity index (χ4n) is 2.73. The zero-order chi connectivity index (χ0) is 27.4. The Morgan fingerprint density at radius 2 is 1.19 bits per heavy atom. The van der Waals surface area contributed by atoms with Gasteiger partial charge >= 0.3 is 6.09 Å². The van der Waals surface area contributed by atoms with Crippen LogP contribution < -0.4 is 5.32 Å². The van der Waals surface area contributed by atoms with Crippen molar-refractivity contribution in [2.45, 2.75) is 65.6 Å². The molecule has 0 saturated carbocycles. The van der Waals surface area contributed by atoms with Crippen LogP contribution in [0.25, 0.3) is 0 Å². The Bertz CT molecular complexity index is 532. The Morgan fingerprint density at radius 3 is 1.67 bits per heavy atom. The van der Waals surface area contributed by atoms with Crippen LogP contribution in [0.4, 0.5) is 4.79 Å². The summed E-state index contributed by atoms with van der Waals surface area (Å²) in [5.41, 5.74) is 0. The zero-order valence-corrected chi connectivity index (χ0v) is 23.9. The van der Waals surface area contributed by atoms with Crippen LogP contribution in [-0.4, -0.2) is 107 Å². The number of carbonyl (C=O) groups excluding carboxylic acids is 3. The molecule has 1 heterocycles. The molecule has 0 aromatic heterocycles. The average molecular weight is 539 g/mol. The van der Waals surface area contributed by atoms with Gasteiger partial charge in [0.25, 0.3) is 0 Å². The number of rotatable bonds is 18. The molecule has 214 valence electrons. The molecule has 0 atom stereocenters. The van der Waals surface area contributed by atoms with Crippen molar-refractivity contribution >= 4 is 30.4 Å². The van der Waals surface area contributed by atoms with Crippen molar-refractivity contribution in [2.24, 2.45) is 0 Å². The van der Waals surface area contributed by atoms with Crippen LogP contribution >= 0.6 is 12.6 Å². The lowest BCUT2D eigenvalue weighted by molar-refractivity contribution is -0.124. The molecule has 1 aliphatic heterocycles. The molecule has 10 nitrogen and oxygen atoms in total. The van der Waals surface area contributed by atoms with Gasteiger partial charge < -0.3 is 38.7 Å². The minimum Gasteiger partial charge on any atom is -0.447 e. The van der Waals surface area contributed by atoms with Gasteiger partial charge in [0.05, 0.1) is 52.9 Å². The maximum atomic E-state index is 11.9. The van der Waals surface area contributed by atoms with Crippen molar-refractivity contribution in [3.05, 3.63) is 0 Å². The highest BCUT2D eigenvalue weighted by atomic mass is 32.1. The fourth-order valence-corrected chi connectivity index (χ4v) is 2.96. The Balaban J connectivity index is 0. The first-order valence-corrected chi connectivity index (χ1v) is 13.7. The molecule has 0 bridgehead atoms. The molecule has 0 aliphatic carbocycles. The van der Waals surface area contributed by atoms with E-state index in [2.05, 4.69) is 17.9 Å². The smallest absolute Gasteiger partial charge is 0.409 e. The number of hydrogen-bond donors (Lipinski definition) is 2. The summed E-state index contributed by atoms with van der Waals surface area (Å²) in [5.74, 6) is -0.143. The van der Waals surface area contributed by atoms with Crippen molar-refractivity contribution in [1.82, 2.24) is 10.2 Å². The van der Waals surface area contributed by atoms with Gasteiger partial charge in [-0.15, -0.1) is 0 Å². The number of nitrogens with zero attached hydrogens (tertiary/aromatic N) is 1. The number of Topliss-reactive ketones (excluding diaryl/α,β-unsaturated/α-hetero) is 1. The van der Waals surface area contributed by atoms with Gasteiger partial charge in [0, 0.05) is 37.7 Å². The molecule has 0 unspecified atom stereocenters. The van der Waals surface area contributed by atoms with E-state index >= 15 is 0 Å². The summed E-state index contributed by atoms with van der Waals surface area (Å²) >= 11 is 4.41. The molecule has 36 heavy (non-hydrogen) atoms. The fraction of sp³-hybridized carbons (Fsp3) is 0.880. The Hall–Kier alpha value is -1.40. The van der Waals surface area contributed by atoms with Crippen LogP contribution in [0.5, 0.6) is 0 Å². The normalized spacial score (nSPS) is 13.1. The largest absolute Gasteiger partial charge is 0.447 e. The number of ketones is 1. The van der Waals surface area contributed by atoms with E-state index in [-0.39, 0.29) is 37.2 Å². The second-order valence-corrected chi connectivity index (χ2v) is 8.06. The molecule has 0 radical (unpaired) electrons. The van der Waals surface area contributed by atoms with Crippen LogP contribution in [-0.2, 0) is 33.3 Å². The van der Waals surface area contributed by atoms with Gasteiger partial charge in [-0.25, -0.2) is 4.79 Å². The first kappa shape index (κ1) is 36.8. The molecule has 11 heteroatoms. The standard InChI is InChI=1S/C21H38N2O8S.2C2H6/c1-18(24)2-3-20(25)22-6-9-27-10-11-28-12-13-29-14-15-30-16-17-31-21(26)23-7-4-19(32)5-8-23;2*1-2/h19,32H,2-17H2,1H3,(H,22,25);2*1-2H3. The molecule has 1 aliphatic rings. The number of thiol groups is 1. The first-order chi connectivity index (χ1) is 17.5. The van der Waals surface area contributed by atoms with Crippen LogP contribution in [0.15, 0.2) is 0 Å². The van der Waals surface area contributed by atoms with Gasteiger partial charge in [0.1, 0.15) is 12.4 Å². The van der Waals surface area contributed by atoms with Crippen LogP contribution in [0.3, 0.4) is 0 Å². The Labute approximate surface area is 223 Å². The predicted octanol–water partition coefficient (Wildman–Crippen LogP) is 3.12. The van der Waals surface area contributed by atoms with E-state index < -0.39 is 0 Å². The van der Waals surface area contributed by atoms with Crippen LogP contribution in [0.1, 0.15) is 60.3 Å². The first-order valence-electron chi connectivity index (χ1n) is 13.2. The van der Waals surface area contributed by atoms with Crippen molar-refractivity contribution < 1.29 is 38.1 Å². The quantitative estimate of drug-likeness (QED) is 0.202. The Kier molecular flexibility index (Phi) is 28.8. The SMILES string of the molecule is CC.CC.CC(=O)CCC(=O)NCCOCCOCCOCCOCCOC(=O)N1CCC(S)CC1. The van der Waals surface area contributed by atoms with Gasteiger partial charge in [0.2, 0.25) is 5.91 Å². The van der Waals surface area contributed by atoms with Crippen molar-refractivity contribution in [2.75, 3.05) is 79.1 Å². The van der Waals surface area contributed by atoms with Crippen molar-refractivity contribution in [3.8, 4) is 0 Å². The number of nitrogens with one attached hydrogen (secondary N) is 1. The molecule has 2 amide bonds.